The number of carboxylic acid groups (broad SMARTS) is 1. The second-order valence-electron chi connectivity index (χ2n) is 14.3. The minimum absolute atomic E-state index is 0.0270. The van der Waals surface area contributed by atoms with E-state index in [9.17, 15) is 34.3 Å². The van der Waals surface area contributed by atoms with E-state index in [1.54, 1.807) is 36.2 Å². The highest BCUT2D eigenvalue weighted by Crippen LogP contribution is 2.41. The number of hydrogen-bond donors (Lipinski definition) is 5. The van der Waals surface area contributed by atoms with E-state index in [1.807, 2.05) is 91.0 Å². The molecule has 8 rings (SSSR count). The number of carbonyl (C=O) groups excluding carboxylic acids is 2. The van der Waals surface area contributed by atoms with Crippen LogP contribution in [0.5, 0.6) is 11.5 Å². The van der Waals surface area contributed by atoms with Crippen LogP contribution in [0.1, 0.15) is 36.2 Å². The first-order valence-corrected chi connectivity index (χ1v) is 20.8. The van der Waals surface area contributed by atoms with E-state index in [-0.39, 0.29) is 46.5 Å². The molecule has 2 unspecified atom stereocenters. The molecule has 2 aromatic heterocycles. The molecule has 2 amide bonds. The highest BCUT2D eigenvalue weighted by Gasteiger charge is 2.61. The molecule has 3 atom stereocenters. The Balaban J connectivity index is 1.07. The molecule has 16 heteroatoms. The van der Waals surface area contributed by atoms with Crippen LogP contribution in [0.3, 0.4) is 0 Å². The Morgan fingerprint density at radius 3 is 2.00 bits per heavy atom. The van der Waals surface area contributed by atoms with Gasteiger partial charge in [-0.25, -0.2) is 9.78 Å². The number of aliphatic carboxylic acids is 1. The molecule has 4 aromatic carbocycles. The predicted octanol–water partition coefficient (Wildman–Crippen LogP) is 5.50. The normalized spacial score (nSPS) is 18.1. The molecule has 14 nitrogen and oxygen atoms in total. The summed E-state index contributed by atoms with van der Waals surface area (Å²) in [5, 5.41) is 42.7. The molecule has 0 saturated carbocycles. The van der Waals surface area contributed by atoms with Gasteiger partial charge in [0.2, 0.25) is 5.37 Å². The van der Waals surface area contributed by atoms with Crippen LogP contribution in [0.25, 0.3) is 10.8 Å². The summed E-state index contributed by atoms with van der Waals surface area (Å²) in [5.74, 6) is -3.77. The third-order valence-electron chi connectivity index (χ3n) is 10.1. The summed E-state index contributed by atoms with van der Waals surface area (Å²) < 4.78 is 15.4. The first kappa shape index (κ1) is 39.2. The fourth-order valence-electron chi connectivity index (χ4n) is 7.47. The molecule has 5 N–H and O–H groups in total. The fraction of sp³-hybridized carbons (Fsp3) is 0.186. The largest absolute Gasteiger partial charge is 0.614 e. The van der Waals surface area contributed by atoms with Crippen LogP contribution in [0, 0.1) is 0 Å². The summed E-state index contributed by atoms with van der Waals surface area (Å²) in [6.07, 6.45) is 2.86. The number of β-lactam (4-membered cyclic amide) rings is 1. The molecule has 300 valence electrons. The topological polar surface area (TPSA) is 202 Å². The number of carboxylic acids is 1. The lowest BCUT2D eigenvalue weighted by atomic mass is 9.77. The number of hydrogen-bond acceptors (Lipinski definition) is 11. The van der Waals surface area contributed by atoms with Gasteiger partial charge in [-0.15, -0.1) is 11.3 Å². The fourth-order valence-corrected chi connectivity index (χ4v) is 9.89. The zero-order chi connectivity index (χ0) is 41.4. The van der Waals surface area contributed by atoms with Crippen molar-refractivity contribution in [3.63, 3.8) is 0 Å². The number of oxime groups is 1. The maximum atomic E-state index is 14.1. The summed E-state index contributed by atoms with van der Waals surface area (Å²) in [4.78, 5) is 51.8. The quantitative estimate of drug-likeness (QED) is 0.0247. The number of carbonyl (C=O) groups is 3. The van der Waals surface area contributed by atoms with Gasteiger partial charge in [-0.05, 0) is 53.8 Å². The number of nitrogens with one attached hydrogen (secondary N) is 2. The number of anilines is 1. The van der Waals surface area contributed by atoms with Crippen molar-refractivity contribution in [2.45, 2.75) is 43.5 Å². The first-order chi connectivity index (χ1) is 28.4. The molecule has 2 aliphatic rings. The number of phenolic OH excluding ortho intramolecular Hbond substituents is 2. The zero-order valence-electron chi connectivity index (χ0n) is 31.7. The van der Waals surface area contributed by atoms with Gasteiger partial charge in [0, 0.05) is 34.1 Å². The summed E-state index contributed by atoms with van der Waals surface area (Å²) in [5.41, 5.74) is 1.75. The highest BCUT2D eigenvalue weighted by atomic mass is 32.2. The van der Waals surface area contributed by atoms with E-state index in [2.05, 4.69) is 15.8 Å². The van der Waals surface area contributed by atoms with E-state index < -0.39 is 52.0 Å². The van der Waals surface area contributed by atoms with E-state index in [0.717, 1.165) is 21.6 Å². The van der Waals surface area contributed by atoms with Crippen molar-refractivity contribution in [3.05, 3.63) is 155 Å². The van der Waals surface area contributed by atoms with Crippen molar-refractivity contribution in [3.8, 4) is 11.5 Å². The molecule has 59 heavy (non-hydrogen) atoms. The maximum Gasteiger partial charge on any atom is 0.352 e. The molecule has 6 aromatic rings. The van der Waals surface area contributed by atoms with E-state index in [1.165, 1.54) is 23.5 Å². The predicted molar refractivity (Wildman–Crippen MR) is 223 cm³/mol. The number of phenols is 2. The lowest BCUT2D eigenvalue weighted by Crippen LogP contribution is -2.75. The second-order valence-corrected chi connectivity index (χ2v) is 16.7. The molecule has 1 saturated heterocycles. The Bertz CT molecular complexity index is 2480. The molecule has 0 spiro atoms. The third kappa shape index (κ3) is 7.37. The van der Waals surface area contributed by atoms with Crippen LogP contribution >= 0.6 is 11.3 Å². The van der Waals surface area contributed by atoms with Crippen LogP contribution in [0.2, 0.25) is 0 Å². The average Bonchev–Trinajstić information content (AvgIpc) is 3.85. The molecule has 2 aliphatic heterocycles. The lowest BCUT2D eigenvalue weighted by molar-refractivity contribution is -0.150. The molecule has 0 aliphatic carbocycles. The molecule has 0 bridgehead atoms. The Morgan fingerprint density at radius 1 is 0.949 bits per heavy atom. The van der Waals surface area contributed by atoms with Crippen molar-refractivity contribution >= 4 is 61.9 Å². The van der Waals surface area contributed by atoms with Crippen molar-refractivity contribution in [1.29, 1.82) is 0 Å². The summed E-state index contributed by atoms with van der Waals surface area (Å²) in [7, 11) is 0. The first-order valence-electron chi connectivity index (χ1n) is 18.6. The zero-order valence-corrected chi connectivity index (χ0v) is 33.3. The van der Waals surface area contributed by atoms with Gasteiger partial charge < -0.3 is 39.9 Å². The van der Waals surface area contributed by atoms with Gasteiger partial charge in [0.05, 0.1) is 6.54 Å². The lowest BCUT2D eigenvalue weighted by Gasteiger charge is -2.49. The van der Waals surface area contributed by atoms with Gasteiger partial charge in [0.15, 0.2) is 28.4 Å². The second kappa shape index (κ2) is 16.0. The van der Waals surface area contributed by atoms with Gasteiger partial charge in [0.25, 0.3) is 11.8 Å². The number of amides is 2. The van der Waals surface area contributed by atoms with E-state index in [4.69, 9.17) is 9.82 Å². The van der Waals surface area contributed by atoms with Gasteiger partial charge in [0.1, 0.15) is 28.8 Å². The monoisotopic (exact) mass is 830 g/mol. The Kier molecular flexibility index (Phi) is 10.6. The number of aromatic hydroxyl groups is 2. The van der Waals surface area contributed by atoms with Gasteiger partial charge in [-0.1, -0.05) is 96.2 Å². The molecular weight excluding hydrogens is 793 g/mol. The van der Waals surface area contributed by atoms with Crippen LogP contribution in [-0.2, 0) is 42.5 Å². The van der Waals surface area contributed by atoms with Crippen molar-refractivity contribution < 1.29 is 39.1 Å². The molecule has 4 heterocycles. The number of nitrogens with zero attached hydrogens (tertiary/aromatic N) is 4. The van der Waals surface area contributed by atoms with Crippen molar-refractivity contribution in [2.24, 2.45) is 5.16 Å². The Hall–Kier alpha value is -6.62. The van der Waals surface area contributed by atoms with Crippen LogP contribution in [0.4, 0.5) is 5.13 Å². The minimum atomic E-state index is -1.81. The Morgan fingerprint density at radius 2 is 1.49 bits per heavy atom. The average molecular weight is 831 g/mol. The number of fused-ring (bicyclic) bond motifs is 2. The molecule has 1 fully saturated rings. The van der Waals surface area contributed by atoms with Crippen molar-refractivity contribution in [2.75, 3.05) is 11.1 Å². The minimum Gasteiger partial charge on any atom is -0.614 e. The SMILES string of the molecule is CC(C)O/N=C(\C(=O)NC1C(=O)N2C(C(=O)O)=C(Cn3cc4cc(O)c(O)cc4c3)C[S+]([O-])[C@H]12)c1csc(NC(c2ccccc2)(c2ccccc2)c2ccccc2)n1. The smallest absolute Gasteiger partial charge is 0.352 e. The van der Waals surface area contributed by atoms with Crippen molar-refractivity contribution in [1.82, 2.24) is 19.8 Å². The maximum absolute atomic E-state index is 14.1. The van der Waals surface area contributed by atoms with Crippen LogP contribution in [0.15, 0.2) is 137 Å². The van der Waals surface area contributed by atoms with E-state index >= 15 is 0 Å². The summed E-state index contributed by atoms with van der Waals surface area (Å²) in [6.45, 7) is 3.45. The summed E-state index contributed by atoms with van der Waals surface area (Å²) >= 11 is -0.567. The van der Waals surface area contributed by atoms with Gasteiger partial charge in [-0.3, -0.25) is 14.5 Å². The third-order valence-corrected chi connectivity index (χ3v) is 12.5. The number of thiazole rings is 1. The van der Waals surface area contributed by atoms with Gasteiger partial charge in [-0.2, -0.15) is 0 Å². The van der Waals surface area contributed by atoms with Gasteiger partial charge >= 0.3 is 5.97 Å². The Labute approximate surface area is 345 Å². The summed E-state index contributed by atoms with van der Waals surface area (Å²) in [6, 6.07) is 31.2. The standard InChI is InChI=1S/C43H38N6O8S2/c1-25(2)57-47-35(32-23-58-42(44-32)46-43(29-12-6-3-7-13-29,30-14-8-4-9-15-30)31-16-10-5-11-17-31)38(52)45-36-39(53)49-37(41(54)55)28(24-59(56)40(36)49)22-48-20-26-18-33(50)34(51)19-27(26)21-48/h3-21,23,25,36,40,50-51H,22,24H2,1-2H3,(H,44,46)(H,45,52)(H,54,55)/b47-35-/t36?,40-,59?/m1/s1. The number of benzene rings is 4. The number of aromatic nitrogens is 2. The molecular formula is C43H38N6O8S2. The number of rotatable bonds is 13. The van der Waals surface area contributed by atoms with Crippen LogP contribution in [-0.4, -0.2) is 81.1 Å². The highest BCUT2D eigenvalue weighted by molar-refractivity contribution is 7.92. The molecule has 0 radical (unpaired) electrons. The van der Waals surface area contributed by atoms with Crippen LogP contribution < -0.4 is 10.6 Å². The van der Waals surface area contributed by atoms with E-state index in [0.29, 0.717) is 15.9 Å².